The molecule has 0 bridgehead atoms. The number of benzene rings is 1. The molecule has 0 aliphatic heterocycles. The summed E-state index contributed by atoms with van der Waals surface area (Å²) >= 11 is 0. The zero-order valence-electron chi connectivity index (χ0n) is 11.3. The van der Waals surface area contributed by atoms with Crippen molar-refractivity contribution >= 4 is 8.07 Å². The molecule has 0 radical (unpaired) electrons. The molecule has 90 valence electrons. The van der Waals surface area contributed by atoms with E-state index in [1.807, 2.05) is 0 Å². The largest absolute Gasteiger partial charge is 0.0678 e. The molecule has 0 aromatic heterocycles. The predicted molar refractivity (Wildman–Crippen MR) is 76.9 cm³/mol. The van der Waals surface area contributed by atoms with Gasteiger partial charge in [-0.1, -0.05) is 82.2 Å². The molecule has 1 aromatic rings. The molecule has 0 aliphatic rings. The zero-order valence-corrected chi connectivity index (χ0v) is 12.3. The first-order valence-electron chi connectivity index (χ1n) is 6.72. The van der Waals surface area contributed by atoms with Gasteiger partial charge < -0.3 is 0 Å². The maximum absolute atomic E-state index is 2.40. The quantitative estimate of drug-likeness (QED) is 0.586. The van der Waals surface area contributed by atoms with Gasteiger partial charge in [-0.05, 0) is 11.5 Å². The van der Waals surface area contributed by atoms with E-state index in [0.29, 0.717) is 0 Å². The van der Waals surface area contributed by atoms with Crippen LogP contribution in [0.1, 0.15) is 39.2 Å². The Balaban J connectivity index is 2.73. The summed E-state index contributed by atoms with van der Waals surface area (Å²) in [5.41, 5.74) is 1.52. The molecular weight excluding hydrogens is 208 g/mol. The third-order valence-corrected chi connectivity index (χ3v) is 10.3. The van der Waals surface area contributed by atoms with Crippen molar-refractivity contribution in [2.45, 2.75) is 57.8 Å². The molecule has 0 fully saturated rings. The monoisotopic (exact) mass is 234 g/mol. The van der Waals surface area contributed by atoms with Crippen molar-refractivity contribution in [1.82, 2.24) is 0 Å². The van der Waals surface area contributed by atoms with Gasteiger partial charge in [-0.2, -0.15) is 0 Å². The number of rotatable bonds is 6. The van der Waals surface area contributed by atoms with Gasteiger partial charge in [-0.25, -0.2) is 0 Å². The summed E-state index contributed by atoms with van der Waals surface area (Å²) < 4.78 is 0. The second-order valence-corrected chi connectivity index (χ2v) is 10.6. The minimum absolute atomic E-state index is 0.743. The first-order chi connectivity index (χ1) is 7.67. The van der Waals surface area contributed by atoms with E-state index in [0.717, 1.165) is 5.92 Å². The Morgan fingerprint density at radius 3 is 1.88 bits per heavy atom. The third-order valence-electron chi connectivity index (χ3n) is 4.36. The van der Waals surface area contributed by atoms with Crippen molar-refractivity contribution in [3.05, 3.63) is 35.9 Å². The van der Waals surface area contributed by atoms with E-state index in [1.165, 1.54) is 29.7 Å². The lowest BCUT2D eigenvalue weighted by Crippen LogP contribution is -2.32. The van der Waals surface area contributed by atoms with Gasteiger partial charge in [0.15, 0.2) is 0 Å². The fraction of sp³-hybridized carbons (Fsp3) is 0.600. The molecule has 0 N–H and O–H groups in total. The summed E-state index contributed by atoms with van der Waals surface area (Å²) in [5.74, 6) is 0.743. The van der Waals surface area contributed by atoms with E-state index in [2.05, 4.69) is 58.0 Å². The average molecular weight is 234 g/mol. The molecular formula is C15H26Si. The summed E-state index contributed by atoms with van der Waals surface area (Å²) in [4.78, 5) is 0. The van der Waals surface area contributed by atoms with E-state index in [1.54, 1.807) is 0 Å². The predicted octanol–water partition coefficient (Wildman–Crippen LogP) is 5.30. The summed E-state index contributed by atoms with van der Waals surface area (Å²) in [6.45, 7) is 9.60. The van der Waals surface area contributed by atoms with Crippen LogP contribution >= 0.6 is 0 Å². The molecule has 0 saturated heterocycles. The Labute approximate surface area is 102 Å². The molecule has 1 atom stereocenters. The van der Waals surface area contributed by atoms with Gasteiger partial charge in [-0.3, -0.25) is 0 Å². The van der Waals surface area contributed by atoms with Crippen LogP contribution in [-0.2, 0) is 0 Å². The fourth-order valence-corrected chi connectivity index (χ4v) is 6.63. The van der Waals surface area contributed by atoms with Crippen LogP contribution in [0, 0.1) is 0 Å². The molecule has 1 unspecified atom stereocenters. The van der Waals surface area contributed by atoms with Crippen LogP contribution in [0.4, 0.5) is 0 Å². The maximum atomic E-state index is 2.40. The molecule has 16 heavy (non-hydrogen) atoms. The highest BCUT2D eigenvalue weighted by molar-refractivity contribution is 6.79. The highest BCUT2D eigenvalue weighted by Crippen LogP contribution is 2.33. The van der Waals surface area contributed by atoms with Gasteiger partial charge in [0.1, 0.15) is 0 Å². The van der Waals surface area contributed by atoms with Crippen LogP contribution in [0.15, 0.2) is 30.3 Å². The summed E-state index contributed by atoms with van der Waals surface area (Å²) in [5, 5.41) is 0. The van der Waals surface area contributed by atoms with Crippen LogP contribution in [0.5, 0.6) is 0 Å². The second kappa shape index (κ2) is 6.24. The van der Waals surface area contributed by atoms with E-state index < -0.39 is 8.07 Å². The Morgan fingerprint density at radius 1 is 0.938 bits per heavy atom. The van der Waals surface area contributed by atoms with Gasteiger partial charge in [0.2, 0.25) is 0 Å². The molecule has 0 aliphatic carbocycles. The highest BCUT2D eigenvalue weighted by Gasteiger charge is 2.28. The number of hydrogen-bond donors (Lipinski definition) is 0. The van der Waals surface area contributed by atoms with Crippen molar-refractivity contribution in [2.24, 2.45) is 0 Å². The smallest absolute Gasteiger partial charge is 0.0533 e. The van der Waals surface area contributed by atoms with Crippen LogP contribution in [0.3, 0.4) is 0 Å². The van der Waals surface area contributed by atoms with E-state index >= 15 is 0 Å². The lowest BCUT2D eigenvalue weighted by atomic mass is 10.0. The van der Waals surface area contributed by atoms with Crippen molar-refractivity contribution in [2.75, 3.05) is 0 Å². The normalized spacial score (nSPS) is 13.8. The van der Waals surface area contributed by atoms with E-state index in [9.17, 15) is 0 Å². The first kappa shape index (κ1) is 13.5. The van der Waals surface area contributed by atoms with E-state index in [4.69, 9.17) is 0 Å². The topological polar surface area (TPSA) is 0 Å². The SMILES string of the molecule is CC[Si](CC)(CC)CC(C)c1ccccc1. The highest BCUT2D eigenvalue weighted by atomic mass is 28.3. The fourth-order valence-electron chi connectivity index (χ4n) is 2.73. The molecule has 0 heterocycles. The van der Waals surface area contributed by atoms with Gasteiger partial charge in [-0.15, -0.1) is 0 Å². The Morgan fingerprint density at radius 2 is 1.44 bits per heavy atom. The zero-order chi connectivity index (χ0) is 12.0. The Bertz CT molecular complexity index is 279. The molecule has 0 nitrogen and oxygen atoms in total. The summed E-state index contributed by atoms with van der Waals surface area (Å²) in [7, 11) is -0.963. The molecule has 0 amide bonds. The van der Waals surface area contributed by atoms with Crippen molar-refractivity contribution < 1.29 is 0 Å². The molecule has 0 saturated carbocycles. The Hall–Kier alpha value is -0.563. The lowest BCUT2D eigenvalue weighted by molar-refractivity contribution is 0.827. The standard InChI is InChI=1S/C15H26Si/c1-5-16(6-2,7-3)13-14(4)15-11-9-8-10-12-15/h8-12,14H,5-7,13H2,1-4H3. The van der Waals surface area contributed by atoms with Gasteiger partial charge in [0.05, 0.1) is 8.07 Å². The van der Waals surface area contributed by atoms with Gasteiger partial charge in [0.25, 0.3) is 0 Å². The first-order valence-corrected chi connectivity index (χ1v) is 9.55. The van der Waals surface area contributed by atoms with Gasteiger partial charge in [0, 0.05) is 0 Å². The van der Waals surface area contributed by atoms with E-state index in [-0.39, 0.29) is 0 Å². The minimum atomic E-state index is -0.963. The molecule has 0 spiro atoms. The van der Waals surface area contributed by atoms with Crippen LogP contribution in [0.25, 0.3) is 0 Å². The van der Waals surface area contributed by atoms with Crippen molar-refractivity contribution in [3.63, 3.8) is 0 Å². The van der Waals surface area contributed by atoms with Crippen molar-refractivity contribution in [1.29, 1.82) is 0 Å². The van der Waals surface area contributed by atoms with Crippen LogP contribution < -0.4 is 0 Å². The molecule has 1 aromatic carbocycles. The second-order valence-electron chi connectivity index (χ2n) is 5.08. The van der Waals surface area contributed by atoms with Crippen molar-refractivity contribution in [3.8, 4) is 0 Å². The van der Waals surface area contributed by atoms with Crippen LogP contribution in [-0.4, -0.2) is 8.07 Å². The molecule has 1 rings (SSSR count). The minimum Gasteiger partial charge on any atom is -0.0678 e. The lowest BCUT2D eigenvalue weighted by Gasteiger charge is -2.31. The average Bonchev–Trinajstić information content (AvgIpc) is 2.37. The van der Waals surface area contributed by atoms with Gasteiger partial charge >= 0.3 is 0 Å². The Kier molecular flexibility index (Phi) is 5.27. The third kappa shape index (κ3) is 3.21. The number of hydrogen-bond acceptors (Lipinski definition) is 0. The summed E-state index contributed by atoms with van der Waals surface area (Å²) in [6.07, 6.45) is 0. The van der Waals surface area contributed by atoms with Crippen LogP contribution in [0.2, 0.25) is 24.2 Å². The summed E-state index contributed by atoms with van der Waals surface area (Å²) in [6, 6.07) is 16.8. The molecule has 1 heteroatoms. The maximum Gasteiger partial charge on any atom is 0.0533 e.